The molecular weight excluding hydrogens is 342 g/mol. The van der Waals surface area contributed by atoms with E-state index in [0.29, 0.717) is 24.5 Å². The normalized spacial score (nSPS) is 20.2. The molecule has 2 aliphatic rings. The van der Waals surface area contributed by atoms with Crippen LogP contribution in [0.25, 0.3) is 0 Å². The van der Waals surface area contributed by atoms with E-state index in [1.165, 1.54) is 5.56 Å². The second kappa shape index (κ2) is 8.85. The molecule has 6 heteroatoms. The summed E-state index contributed by atoms with van der Waals surface area (Å²) < 4.78 is 5.13. The van der Waals surface area contributed by atoms with E-state index in [0.717, 1.165) is 58.4 Å². The highest BCUT2D eigenvalue weighted by Crippen LogP contribution is 2.40. The Morgan fingerprint density at radius 3 is 2.52 bits per heavy atom. The highest BCUT2D eigenvalue weighted by molar-refractivity contribution is 5.92. The van der Waals surface area contributed by atoms with Gasteiger partial charge in [0.15, 0.2) is 0 Å². The number of piperidine rings is 2. The van der Waals surface area contributed by atoms with Crippen LogP contribution in [-0.2, 0) is 16.1 Å². The number of methoxy groups -OCH3 is 1. The molecule has 2 N–H and O–H groups in total. The van der Waals surface area contributed by atoms with E-state index in [-0.39, 0.29) is 11.3 Å². The van der Waals surface area contributed by atoms with Gasteiger partial charge >= 0.3 is 0 Å². The van der Waals surface area contributed by atoms with Crippen LogP contribution in [0.1, 0.15) is 48.0 Å². The van der Waals surface area contributed by atoms with Gasteiger partial charge in [0, 0.05) is 45.3 Å². The van der Waals surface area contributed by atoms with E-state index in [9.17, 15) is 9.59 Å². The van der Waals surface area contributed by atoms with Crippen molar-refractivity contribution in [2.75, 3.05) is 39.9 Å². The van der Waals surface area contributed by atoms with E-state index >= 15 is 0 Å². The van der Waals surface area contributed by atoms with Crippen LogP contribution in [0.5, 0.6) is 0 Å². The number of likely N-dealkylation sites (tertiary alicyclic amines) is 2. The van der Waals surface area contributed by atoms with Crippen LogP contribution in [0.2, 0.25) is 0 Å². The lowest BCUT2D eigenvalue weighted by Crippen LogP contribution is -2.51. The number of hydrogen-bond donors (Lipinski definition) is 1. The quantitative estimate of drug-likeness (QED) is 0.742. The van der Waals surface area contributed by atoms with Crippen LogP contribution in [0.15, 0.2) is 24.3 Å². The van der Waals surface area contributed by atoms with Gasteiger partial charge in [-0.05, 0) is 61.9 Å². The molecule has 1 aromatic rings. The van der Waals surface area contributed by atoms with Gasteiger partial charge in [-0.15, -0.1) is 0 Å². The molecule has 0 saturated carbocycles. The van der Waals surface area contributed by atoms with Crippen molar-refractivity contribution in [1.29, 1.82) is 0 Å². The molecule has 0 atom stereocenters. The number of nitrogens with zero attached hydrogens (tertiary/aromatic N) is 2. The molecule has 2 fully saturated rings. The second-order valence-electron chi connectivity index (χ2n) is 8.00. The Bertz CT molecular complexity index is 651. The molecule has 1 aromatic carbocycles. The Morgan fingerprint density at radius 2 is 1.89 bits per heavy atom. The van der Waals surface area contributed by atoms with Crippen molar-refractivity contribution in [3.63, 3.8) is 0 Å². The average Bonchev–Trinajstić information content (AvgIpc) is 2.67. The molecule has 2 saturated heterocycles. The summed E-state index contributed by atoms with van der Waals surface area (Å²) in [6.07, 6.45) is 4.89. The second-order valence-corrected chi connectivity index (χ2v) is 8.00. The summed E-state index contributed by atoms with van der Waals surface area (Å²) in [6.45, 7) is 5.42. The third-order valence-electron chi connectivity index (χ3n) is 6.09. The maximum Gasteiger partial charge on any atom is 0.248 e. The van der Waals surface area contributed by atoms with Gasteiger partial charge < -0.3 is 15.4 Å². The first-order valence-electron chi connectivity index (χ1n) is 9.89. The number of primary amides is 1. The van der Waals surface area contributed by atoms with E-state index in [1.807, 2.05) is 12.1 Å². The van der Waals surface area contributed by atoms with Crippen LogP contribution in [-0.4, -0.2) is 61.5 Å². The van der Waals surface area contributed by atoms with E-state index < -0.39 is 0 Å². The summed E-state index contributed by atoms with van der Waals surface area (Å²) in [5.74, 6) is -0.0861. The zero-order chi connectivity index (χ0) is 19.3. The fourth-order valence-corrected chi connectivity index (χ4v) is 4.33. The zero-order valence-electron chi connectivity index (χ0n) is 16.3. The Morgan fingerprint density at radius 1 is 1.19 bits per heavy atom. The molecular formula is C21H31N3O3. The van der Waals surface area contributed by atoms with Gasteiger partial charge in [0.1, 0.15) is 0 Å². The van der Waals surface area contributed by atoms with Gasteiger partial charge in [-0.25, -0.2) is 0 Å². The molecule has 1 spiro atoms. The lowest BCUT2D eigenvalue weighted by molar-refractivity contribution is -0.139. The highest BCUT2D eigenvalue weighted by Gasteiger charge is 2.40. The van der Waals surface area contributed by atoms with Crippen LogP contribution >= 0.6 is 0 Å². The molecule has 2 heterocycles. The van der Waals surface area contributed by atoms with Crippen LogP contribution in [0.4, 0.5) is 0 Å². The first-order valence-corrected chi connectivity index (χ1v) is 9.89. The van der Waals surface area contributed by atoms with Crippen molar-refractivity contribution < 1.29 is 14.3 Å². The monoisotopic (exact) mass is 373 g/mol. The molecule has 3 rings (SSSR count). The summed E-state index contributed by atoms with van der Waals surface area (Å²) in [6, 6.07) is 7.57. The maximum atomic E-state index is 12.2. The zero-order valence-corrected chi connectivity index (χ0v) is 16.3. The minimum absolute atomic E-state index is 0.285. The molecule has 0 aliphatic carbocycles. The molecule has 2 aliphatic heterocycles. The number of benzene rings is 1. The smallest absolute Gasteiger partial charge is 0.248 e. The predicted octanol–water partition coefficient (Wildman–Crippen LogP) is 2.03. The first kappa shape index (κ1) is 19.8. The molecule has 27 heavy (non-hydrogen) atoms. The van der Waals surface area contributed by atoms with E-state index in [1.54, 1.807) is 19.2 Å². The first-order chi connectivity index (χ1) is 13.0. The fraction of sp³-hybridized carbons (Fsp3) is 0.619. The van der Waals surface area contributed by atoms with Gasteiger partial charge in [-0.2, -0.15) is 0 Å². The number of rotatable bonds is 7. The fourth-order valence-electron chi connectivity index (χ4n) is 4.33. The summed E-state index contributed by atoms with van der Waals surface area (Å²) in [5, 5.41) is 0. The molecule has 148 valence electrons. The van der Waals surface area contributed by atoms with Crippen molar-refractivity contribution in [3.05, 3.63) is 35.4 Å². The summed E-state index contributed by atoms with van der Waals surface area (Å²) in [7, 11) is 1.71. The van der Waals surface area contributed by atoms with Crippen LogP contribution in [0.3, 0.4) is 0 Å². The predicted molar refractivity (Wildman–Crippen MR) is 104 cm³/mol. The minimum atomic E-state index is -0.386. The summed E-state index contributed by atoms with van der Waals surface area (Å²) in [5.41, 5.74) is 7.34. The largest absolute Gasteiger partial charge is 0.385 e. The molecule has 2 amide bonds. The van der Waals surface area contributed by atoms with Crippen LogP contribution in [0, 0.1) is 5.41 Å². The van der Waals surface area contributed by atoms with Gasteiger partial charge in [-0.3, -0.25) is 14.5 Å². The van der Waals surface area contributed by atoms with Crippen molar-refractivity contribution in [3.8, 4) is 0 Å². The third kappa shape index (κ3) is 5.08. The highest BCUT2D eigenvalue weighted by atomic mass is 16.5. The Balaban J connectivity index is 1.51. The maximum absolute atomic E-state index is 12.2. The molecule has 0 aromatic heterocycles. The summed E-state index contributed by atoms with van der Waals surface area (Å²) in [4.78, 5) is 27.9. The number of nitrogens with two attached hydrogens (primary N) is 1. The van der Waals surface area contributed by atoms with Crippen LogP contribution < -0.4 is 5.73 Å². The Labute approximate surface area is 161 Å². The molecule has 0 radical (unpaired) electrons. The van der Waals surface area contributed by atoms with E-state index in [2.05, 4.69) is 9.80 Å². The van der Waals surface area contributed by atoms with Crippen molar-refractivity contribution in [2.45, 2.75) is 38.6 Å². The van der Waals surface area contributed by atoms with Gasteiger partial charge in [-0.1, -0.05) is 12.1 Å². The van der Waals surface area contributed by atoms with Crippen molar-refractivity contribution >= 4 is 11.8 Å². The standard InChI is InChI=1S/C21H31N3O3/c1-27-14-2-11-24-16-21(8-7-19(24)25)9-12-23(13-10-21)15-17-3-5-18(6-4-17)20(22)26/h3-6H,2,7-16H2,1H3,(H2,22,26). The number of carbonyl (C=O) groups is 2. The SMILES string of the molecule is COCCCN1CC2(CCC1=O)CCN(Cc1ccc(C(N)=O)cc1)CC2. The van der Waals surface area contributed by atoms with Crippen molar-refractivity contribution in [2.24, 2.45) is 11.1 Å². The van der Waals surface area contributed by atoms with E-state index in [4.69, 9.17) is 10.5 Å². The third-order valence-corrected chi connectivity index (χ3v) is 6.09. The number of ether oxygens (including phenoxy) is 1. The van der Waals surface area contributed by atoms with Gasteiger partial charge in [0.2, 0.25) is 11.8 Å². The Kier molecular flexibility index (Phi) is 6.50. The number of hydrogen-bond acceptors (Lipinski definition) is 4. The lowest BCUT2D eigenvalue weighted by Gasteiger charge is -2.47. The summed E-state index contributed by atoms with van der Waals surface area (Å²) >= 11 is 0. The average molecular weight is 373 g/mol. The van der Waals surface area contributed by atoms with Gasteiger partial charge in [0.05, 0.1) is 0 Å². The lowest BCUT2D eigenvalue weighted by atomic mass is 9.72. The topological polar surface area (TPSA) is 75.9 Å². The molecule has 0 unspecified atom stereocenters. The number of amides is 2. The number of carbonyl (C=O) groups excluding carboxylic acids is 2. The molecule has 0 bridgehead atoms. The Hall–Kier alpha value is -1.92. The minimum Gasteiger partial charge on any atom is -0.385 e. The molecule has 6 nitrogen and oxygen atoms in total. The van der Waals surface area contributed by atoms with Crippen molar-refractivity contribution in [1.82, 2.24) is 9.80 Å². The van der Waals surface area contributed by atoms with Gasteiger partial charge in [0.25, 0.3) is 0 Å².